The summed E-state index contributed by atoms with van der Waals surface area (Å²) in [6, 6.07) is 6.12. The number of rotatable bonds is 10. The summed E-state index contributed by atoms with van der Waals surface area (Å²) in [6.45, 7) is 10.3. The fourth-order valence-corrected chi connectivity index (χ4v) is 2.72. The monoisotopic (exact) mass is 320 g/mol. The Morgan fingerprint density at radius 2 is 2.00 bits per heavy atom. The number of nitrogens with zero attached hydrogens (tertiary/aromatic N) is 1. The van der Waals surface area contributed by atoms with Gasteiger partial charge < -0.3 is 10.4 Å². The fraction of sp³-hybridized carbons (Fsp3) is 0.632. The minimum absolute atomic E-state index is 0.00820. The van der Waals surface area contributed by atoms with E-state index in [0.29, 0.717) is 19.0 Å². The summed E-state index contributed by atoms with van der Waals surface area (Å²) in [5, 5.41) is 12.3. The van der Waals surface area contributed by atoms with Crippen LogP contribution in [0.5, 0.6) is 0 Å². The number of anilines is 1. The number of unbranched alkanes of at least 4 members (excludes halogenated alkanes) is 2. The molecule has 0 aliphatic rings. The molecule has 0 aliphatic heterocycles. The van der Waals surface area contributed by atoms with Gasteiger partial charge in [-0.15, -0.1) is 0 Å². The quantitative estimate of drug-likeness (QED) is 0.648. The van der Waals surface area contributed by atoms with Crippen molar-refractivity contribution in [2.75, 3.05) is 31.6 Å². The number of carbonyl (C=O) groups excluding carboxylic acids is 1. The van der Waals surface area contributed by atoms with E-state index in [0.717, 1.165) is 42.6 Å². The molecule has 4 heteroatoms. The molecule has 1 aromatic rings. The highest BCUT2D eigenvalue weighted by atomic mass is 16.3. The molecular weight excluding hydrogens is 288 g/mol. The van der Waals surface area contributed by atoms with Gasteiger partial charge in [0.25, 0.3) is 0 Å². The predicted molar refractivity (Wildman–Crippen MR) is 96.9 cm³/mol. The second kappa shape index (κ2) is 10.4. The lowest BCUT2D eigenvalue weighted by Gasteiger charge is -2.22. The lowest BCUT2D eigenvalue weighted by atomic mass is 9.98. The molecule has 0 radical (unpaired) electrons. The van der Waals surface area contributed by atoms with Crippen LogP contribution in [0.2, 0.25) is 0 Å². The highest BCUT2D eigenvalue weighted by Crippen LogP contribution is 2.27. The summed E-state index contributed by atoms with van der Waals surface area (Å²) in [5.41, 5.74) is 3.19. The summed E-state index contributed by atoms with van der Waals surface area (Å²) >= 11 is 0. The number of para-hydroxylation sites is 1. The molecule has 0 heterocycles. The first-order valence-electron chi connectivity index (χ1n) is 8.72. The minimum Gasteiger partial charge on any atom is -0.395 e. The van der Waals surface area contributed by atoms with Crippen molar-refractivity contribution in [2.45, 2.75) is 52.9 Å². The van der Waals surface area contributed by atoms with E-state index in [2.05, 4.69) is 32.2 Å². The Morgan fingerprint density at radius 1 is 1.26 bits per heavy atom. The Kier molecular flexibility index (Phi) is 8.89. The Hall–Kier alpha value is -1.39. The molecule has 1 rings (SSSR count). The van der Waals surface area contributed by atoms with E-state index in [4.69, 9.17) is 0 Å². The summed E-state index contributed by atoms with van der Waals surface area (Å²) in [4.78, 5) is 14.4. The highest BCUT2D eigenvalue weighted by Gasteiger charge is 2.14. The van der Waals surface area contributed by atoms with Gasteiger partial charge in [-0.3, -0.25) is 9.69 Å². The van der Waals surface area contributed by atoms with E-state index in [1.807, 2.05) is 24.0 Å². The van der Waals surface area contributed by atoms with Crippen molar-refractivity contribution in [1.82, 2.24) is 4.90 Å². The van der Waals surface area contributed by atoms with Crippen molar-refractivity contribution in [3.8, 4) is 0 Å². The molecule has 0 aromatic heterocycles. The zero-order valence-corrected chi connectivity index (χ0v) is 15.1. The number of hydrogen-bond donors (Lipinski definition) is 2. The van der Waals surface area contributed by atoms with E-state index < -0.39 is 0 Å². The van der Waals surface area contributed by atoms with Crippen LogP contribution >= 0.6 is 0 Å². The van der Waals surface area contributed by atoms with Gasteiger partial charge in [0.05, 0.1) is 13.2 Å². The number of aryl methyl sites for hydroxylation is 1. The van der Waals surface area contributed by atoms with E-state index in [1.165, 1.54) is 0 Å². The van der Waals surface area contributed by atoms with Gasteiger partial charge in [-0.1, -0.05) is 51.8 Å². The zero-order chi connectivity index (χ0) is 17.2. The van der Waals surface area contributed by atoms with Crippen LogP contribution in [0.1, 0.15) is 57.1 Å². The fourth-order valence-electron chi connectivity index (χ4n) is 2.72. The van der Waals surface area contributed by atoms with Crippen LogP contribution in [-0.2, 0) is 4.79 Å². The molecule has 1 aromatic carbocycles. The number of carbonyl (C=O) groups is 1. The van der Waals surface area contributed by atoms with Crippen molar-refractivity contribution < 1.29 is 9.90 Å². The predicted octanol–water partition coefficient (Wildman–Crippen LogP) is 3.54. The molecule has 2 N–H and O–H groups in total. The summed E-state index contributed by atoms with van der Waals surface area (Å²) in [5.74, 6) is 0.356. The topological polar surface area (TPSA) is 52.6 Å². The number of hydrogen-bond acceptors (Lipinski definition) is 3. The molecule has 0 bridgehead atoms. The normalized spacial score (nSPS) is 11.3. The van der Waals surface area contributed by atoms with Crippen LogP contribution in [0.15, 0.2) is 18.2 Å². The summed E-state index contributed by atoms with van der Waals surface area (Å²) in [7, 11) is 0. The SMILES string of the molecule is CCCCCN(CCO)CC(=O)Nc1c(C)cccc1C(C)C. The second-order valence-electron chi connectivity index (χ2n) is 6.45. The molecule has 0 saturated heterocycles. The molecule has 4 nitrogen and oxygen atoms in total. The van der Waals surface area contributed by atoms with Crippen LogP contribution in [0.4, 0.5) is 5.69 Å². The number of amides is 1. The maximum absolute atomic E-state index is 12.4. The Bertz CT molecular complexity index is 486. The third-order valence-electron chi connectivity index (χ3n) is 4.05. The van der Waals surface area contributed by atoms with Gasteiger partial charge in [0.2, 0.25) is 5.91 Å². The van der Waals surface area contributed by atoms with E-state index in [9.17, 15) is 9.90 Å². The van der Waals surface area contributed by atoms with Gasteiger partial charge in [-0.25, -0.2) is 0 Å². The Morgan fingerprint density at radius 3 is 2.61 bits per heavy atom. The van der Waals surface area contributed by atoms with Crippen LogP contribution < -0.4 is 5.32 Å². The van der Waals surface area contributed by atoms with Crippen molar-refractivity contribution >= 4 is 11.6 Å². The average molecular weight is 320 g/mol. The lowest BCUT2D eigenvalue weighted by Crippen LogP contribution is -2.36. The Balaban J connectivity index is 2.71. The van der Waals surface area contributed by atoms with Crippen LogP contribution in [-0.4, -0.2) is 42.2 Å². The van der Waals surface area contributed by atoms with Crippen molar-refractivity contribution in [3.63, 3.8) is 0 Å². The molecule has 0 unspecified atom stereocenters. The standard InChI is InChI=1S/C19H32N2O2/c1-5-6-7-11-21(12-13-22)14-18(23)20-19-16(4)9-8-10-17(19)15(2)3/h8-10,15,22H,5-7,11-14H2,1-4H3,(H,20,23). The molecular formula is C19H32N2O2. The molecule has 1 amide bonds. The molecule has 23 heavy (non-hydrogen) atoms. The first kappa shape index (κ1) is 19.7. The molecule has 0 atom stereocenters. The number of benzene rings is 1. The van der Waals surface area contributed by atoms with Crippen molar-refractivity contribution in [1.29, 1.82) is 0 Å². The second-order valence-corrected chi connectivity index (χ2v) is 6.45. The third-order valence-corrected chi connectivity index (χ3v) is 4.05. The van der Waals surface area contributed by atoms with Crippen molar-refractivity contribution in [3.05, 3.63) is 29.3 Å². The van der Waals surface area contributed by atoms with Gasteiger partial charge in [-0.05, 0) is 36.9 Å². The first-order valence-corrected chi connectivity index (χ1v) is 8.72. The summed E-state index contributed by atoms with van der Waals surface area (Å²) < 4.78 is 0. The van der Waals surface area contributed by atoms with Gasteiger partial charge in [-0.2, -0.15) is 0 Å². The molecule has 0 fully saturated rings. The molecule has 0 spiro atoms. The smallest absolute Gasteiger partial charge is 0.238 e. The van der Waals surface area contributed by atoms with E-state index in [1.54, 1.807) is 0 Å². The number of aliphatic hydroxyl groups excluding tert-OH is 1. The van der Waals surface area contributed by atoms with Gasteiger partial charge >= 0.3 is 0 Å². The van der Waals surface area contributed by atoms with Crippen LogP contribution in [0.3, 0.4) is 0 Å². The summed E-state index contributed by atoms with van der Waals surface area (Å²) in [6.07, 6.45) is 3.37. The lowest BCUT2D eigenvalue weighted by molar-refractivity contribution is -0.117. The van der Waals surface area contributed by atoms with Crippen molar-refractivity contribution in [2.24, 2.45) is 0 Å². The largest absolute Gasteiger partial charge is 0.395 e. The number of aliphatic hydroxyl groups is 1. The first-order chi connectivity index (χ1) is 11.0. The van der Waals surface area contributed by atoms with Gasteiger partial charge in [0, 0.05) is 12.2 Å². The van der Waals surface area contributed by atoms with Crippen LogP contribution in [0, 0.1) is 6.92 Å². The van der Waals surface area contributed by atoms with Gasteiger partial charge in [0.1, 0.15) is 0 Å². The average Bonchev–Trinajstić information content (AvgIpc) is 2.49. The maximum atomic E-state index is 12.4. The highest BCUT2D eigenvalue weighted by molar-refractivity contribution is 5.93. The number of nitrogens with one attached hydrogen (secondary N) is 1. The maximum Gasteiger partial charge on any atom is 0.238 e. The van der Waals surface area contributed by atoms with Crippen LogP contribution in [0.25, 0.3) is 0 Å². The molecule has 0 saturated carbocycles. The molecule has 0 aliphatic carbocycles. The van der Waals surface area contributed by atoms with Gasteiger partial charge in [0.15, 0.2) is 0 Å². The molecule has 130 valence electrons. The van der Waals surface area contributed by atoms with E-state index >= 15 is 0 Å². The minimum atomic E-state index is -0.00820. The van der Waals surface area contributed by atoms with E-state index in [-0.39, 0.29) is 12.5 Å². The third kappa shape index (κ3) is 6.71. The zero-order valence-electron chi connectivity index (χ0n) is 15.1. The Labute approximate surface area is 140 Å².